The van der Waals surface area contributed by atoms with Crippen LogP contribution in [0.3, 0.4) is 0 Å². The zero-order valence-corrected chi connectivity index (χ0v) is 8.42. The van der Waals surface area contributed by atoms with Gasteiger partial charge in [0.2, 0.25) is 0 Å². The second kappa shape index (κ2) is 3.81. The van der Waals surface area contributed by atoms with Crippen LogP contribution >= 0.6 is 0 Å². The molecule has 0 radical (unpaired) electrons. The summed E-state index contributed by atoms with van der Waals surface area (Å²) < 4.78 is 5.14. The molecule has 1 aliphatic carbocycles. The minimum absolute atomic E-state index is 0.0529. The van der Waals surface area contributed by atoms with Crippen LogP contribution < -0.4 is 0 Å². The molecule has 4 nitrogen and oxygen atoms in total. The molecule has 0 bridgehead atoms. The molecule has 82 valence electrons. The predicted molar refractivity (Wildman–Crippen MR) is 53.4 cm³/mol. The van der Waals surface area contributed by atoms with Crippen LogP contribution in [-0.4, -0.2) is 28.5 Å². The van der Waals surface area contributed by atoms with E-state index in [1.165, 1.54) is 13.2 Å². The molecule has 0 fully saturated rings. The molecule has 0 saturated heterocycles. The SMILES string of the molecule is COC1c2c(O)cccc2C(O)CC1O. The first kappa shape index (κ1) is 10.4. The smallest absolute Gasteiger partial charge is 0.121 e. The number of phenols is 1. The highest BCUT2D eigenvalue weighted by Gasteiger charge is 2.35. The number of methoxy groups -OCH3 is 1. The Kier molecular flexibility index (Phi) is 2.65. The van der Waals surface area contributed by atoms with E-state index in [1.807, 2.05) is 0 Å². The highest BCUT2D eigenvalue weighted by atomic mass is 16.5. The maximum Gasteiger partial charge on any atom is 0.121 e. The summed E-state index contributed by atoms with van der Waals surface area (Å²) in [5, 5.41) is 29.1. The van der Waals surface area contributed by atoms with Crippen LogP contribution in [0, 0.1) is 0 Å². The number of ether oxygens (including phenoxy) is 1. The number of hydrogen-bond donors (Lipinski definition) is 3. The van der Waals surface area contributed by atoms with E-state index in [9.17, 15) is 15.3 Å². The topological polar surface area (TPSA) is 69.9 Å². The summed E-state index contributed by atoms with van der Waals surface area (Å²) >= 11 is 0. The molecule has 0 heterocycles. The van der Waals surface area contributed by atoms with Crippen molar-refractivity contribution in [2.24, 2.45) is 0 Å². The van der Waals surface area contributed by atoms with E-state index in [-0.39, 0.29) is 12.2 Å². The summed E-state index contributed by atoms with van der Waals surface area (Å²) in [6, 6.07) is 4.93. The molecule has 0 saturated carbocycles. The Morgan fingerprint density at radius 2 is 2.07 bits per heavy atom. The first-order valence-corrected chi connectivity index (χ1v) is 4.86. The molecule has 0 amide bonds. The van der Waals surface area contributed by atoms with Gasteiger partial charge < -0.3 is 20.1 Å². The molecule has 15 heavy (non-hydrogen) atoms. The fourth-order valence-electron chi connectivity index (χ4n) is 2.12. The number of aromatic hydroxyl groups is 1. The molecular formula is C11H14O4. The van der Waals surface area contributed by atoms with Gasteiger partial charge in [-0.15, -0.1) is 0 Å². The molecule has 4 heteroatoms. The van der Waals surface area contributed by atoms with Gasteiger partial charge in [0, 0.05) is 19.1 Å². The zero-order valence-electron chi connectivity index (χ0n) is 8.42. The second-order valence-corrected chi connectivity index (χ2v) is 3.76. The van der Waals surface area contributed by atoms with Crippen molar-refractivity contribution in [3.8, 4) is 5.75 Å². The van der Waals surface area contributed by atoms with Gasteiger partial charge in [-0.25, -0.2) is 0 Å². The summed E-state index contributed by atoms with van der Waals surface area (Å²) in [4.78, 5) is 0. The number of phenolic OH excluding ortho intramolecular Hbond substituents is 1. The van der Waals surface area contributed by atoms with Crippen molar-refractivity contribution >= 4 is 0 Å². The fourth-order valence-corrected chi connectivity index (χ4v) is 2.12. The molecule has 1 aromatic rings. The number of fused-ring (bicyclic) bond motifs is 1. The molecule has 0 aromatic heterocycles. The summed E-state index contributed by atoms with van der Waals surface area (Å²) in [5.74, 6) is 0.0529. The minimum atomic E-state index is -0.786. The molecule has 0 aliphatic heterocycles. The lowest BCUT2D eigenvalue weighted by molar-refractivity contribution is -0.0515. The Balaban J connectivity index is 2.54. The van der Waals surface area contributed by atoms with Crippen molar-refractivity contribution in [1.82, 2.24) is 0 Å². The summed E-state index contributed by atoms with van der Waals surface area (Å²) in [6.07, 6.45) is -1.86. The van der Waals surface area contributed by atoms with Crippen molar-refractivity contribution in [2.45, 2.75) is 24.7 Å². The molecule has 2 rings (SSSR count). The van der Waals surface area contributed by atoms with Crippen LogP contribution in [-0.2, 0) is 4.74 Å². The van der Waals surface area contributed by atoms with Gasteiger partial charge in [-0.05, 0) is 11.6 Å². The van der Waals surface area contributed by atoms with Crippen molar-refractivity contribution in [3.05, 3.63) is 29.3 Å². The maximum absolute atomic E-state index is 9.74. The third-order valence-electron chi connectivity index (χ3n) is 2.83. The molecule has 1 aromatic carbocycles. The van der Waals surface area contributed by atoms with E-state index in [1.54, 1.807) is 12.1 Å². The van der Waals surface area contributed by atoms with Gasteiger partial charge in [0.25, 0.3) is 0 Å². The van der Waals surface area contributed by atoms with Gasteiger partial charge in [0.05, 0.1) is 12.2 Å². The van der Waals surface area contributed by atoms with Crippen molar-refractivity contribution in [1.29, 1.82) is 0 Å². The lowest BCUT2D eigenvalue weighted by Crippen LogP contribution is -2.29. The quantitative estimate of drug-likeness (QED) is 0.643. The second-order valence-electron chi connectivity index (χ2n) is 3.76. The highest BCUT2D eigenvalue weighted by Crippen LogP contribution is 2.42. The number of hydrogen-bond acceptors (Lipinski definition) is 4. The van der Waals surface area contributed by atoms with Gasteiger partial charge >= 0.3 is 0 Å². The Labute approximate surface area is 87.7 Å². The maximum atomic E-state index is 9.74. The molecule has 0 spiro atoms. The first-order chi connectivity index (χ1) is 7.15. The lowest BCUT2D eigenvalue weighted by atomic mass is 9.85. The fraction of sp³-hybridized carbons (Fsp3) is 0.455. The van der Waals surface area contributed by atoms with Crippen LogP contribution in [0.25, 0.3) is 0 Å². The van der Waals surface area contributed by atoms with Crippen LogP contribution in [0.1, 0.15) is 29.8 Å². The Morgan fingerprint density at radius 1 is 1.33 bits per heavy atom. The van der Waals surface area contributed by atoms with Crippen molar-refractivity contribution in [3.63, 3.8) is 0 Å². The van der Waals surface area contributed by atoms with E-state index < -0.39 is 18.3 Å². The summed E-state index contributed by atoms with van der Waals surface area (Å²) in [5.41, 5.74) is 1.12. The van der Waals surface area contributed by atoms with E-state index in [2.05, 4.69) is 0 Å². The average Bonchev–Trinajstić information content (AvgIpc) is 2.20. The van der Waals surface area contributed by atoms with E-state index in [0.29, 0.717) is 11.1 Å². The predicted octanol–water partition coefficient (Wildman–Crippen LogP) is 0.878. The van der Waals surface area contributed by atoms with Gasteiger partial charge in [-0.1, -0.05) is 12.1 Å². The highest BCUT2D eigenvalue weighted by molar-refractivity contribution is 5.44. The van der Waals surface area contributed by atoms with Gasteiger partial charge in [-0.2, -0.15) is 0 Å². The van der Waals surface area contributed by atoms with Crippen LogP contribution in [0.15, 0.2) is 18.2 Å². The number of benzene rings is 1. The molecular weight excluding hydrogens is 196 g/mol. The van der Waals surface area contributed by atoms with Gasteiger partial charge in [0.1, 0.15) is 11.9 Å². The number of aliphatic hydroxyl groups excluding tert-OH is 2. The Bertz CT molecular complexity index is 364. The Hall–Kier alpha value is -1.10. The first-order valence-electron chi connectivity index (χ1n) is 4.86. The molecule has 3 N–H and O–H groups in total. The van der Waals surface area contributed by atoms with Gasteiger partial charge in [-0.3, -0.25) is 0 Å². The minimum Gasteiger partial charge on any atom is -0.508 e. The molecule has 3 atom stereocenters. The zero-order chi connectivity index (χ0) is 11.0. The monoisotopic (exact) mass is 210 g/mol. The largest absolute Gasteiger partial charge is 0.508 e. The van der Waals surface area contributed by atoms with Crippen LogP contribution in [0.5, 0.6) is 5.75 Å². The standard InChI is InChI=1S/C11H14O4/c1-15-11-9(14)5-8(13)6-3-2-4-7(12)10(6)11/h2-4,8-9,11-14H,5H2,1H3. The van der Waals surface area contributed by atoms with Crippen molar-refractivity contribution in [2.75, 3.05) is 7.11 Å². The van der Waals surface area contributed by atoms with E-state index >= 15 is 0 Å². The summed E-state index contributed by atoms with van der Waals surface area (Å²) in [6.45, 7) is 0. The number of aliphatic hydroxyl groups is 2. The van der Waals surface area contributed by atoms with Crippen LogP contribution in [0.2, 0.25) is 0 Å². The van der Waals surface area contributed by atoms with E-state index in [0.717, 1.165) is 0 Å². The normalized spacial score (nSPS) is 29.9. The van der Waals surface area contributed by atoms with Crippen molar-refractivity contribution < 1.29 is 20.1 Å². The summed E-state index contributed by atoms with van der Waals surface area (Å²) in [7, 11) is 1.47. The van der Waals surface area contributed by atoms with Gasteiger partial charge in [0.15, 0.2) is 0 Å². The third kappa shape index (κ3) is 1.61. The lowest BCUT2D eigenvalue weighted by Gasteiger charge is -2.32. The molecule has 3 unspecified atom stereocenters. The number of rotatable bonds is 1. The van der Waals surface area contributed by atoms with E-state index in [4.69, 9.17) is 4.74 Å². The molecule has 1 aliphatic rings. The average molecular weight is 210 g/mol. The van der Waals surface area contributed by atoms with Crippen LogP contribution in [0.4, 0.5) is 0 Å². The third-order valence-corrected chi connectivity index (χ3v) is 2.83. The Morgan fingerprint density at radius 3 is 2.73 bits per heavy atom.